The molecule has 0 amide bonds. The molecule has 0 bridgehead atoms. The molecule has 0 saturated heterocycles. The van der Waals surface area contributed by atoms with E-state index in [0.717, 1.165) is 5.39 Å². The van der Waals surface area contributed by atoms with Crippen molar-refractivity contribution in [2.75, 3.05) is 19.1 Å². The van der Waals surface area contributed by atoms with Crippen molar-refractivity contribution in [3.05, 3.63) is 12.4 Å². The van der Waals surface area contributed by atoms with Crippen molar-refractivity contribution in [2.45, 2.75) is 5.16 Å². The number of fused-ring (bicyclic) bond motifs is 1. The zero-order chi connectivity index (χ0) is 10.8. The fourth-order valence-corrected chi connectivity index (χ4v) is 1.59. The van der Waals surface area contributed by atoms with Gasteiger partial charge < -0.3 is 10.5 Å². The third-order valence-electron chi connectivity index (χ3n) is 1.98. The second-order valence-electron chi connectivity index (χ2n) is 2.84. The zero-order valence-electron chi connectivity index (χ0n) is 8.39. The predicted octanol–water partition coefficient (Wildman–Crippen LogP) is 1.34. The van der Waals surface area contributed by atoms with Gasteiger partial charge in [0.2, 0.25) is 5.88 Å². The van der Waals surface area contributed by atoms with Gasteiger partial charge in [-0.3, -0.25) is 0 Å². The van der Waals surface area contributed by atoms with Gasteiger partial charge in [-0.25, -0.2) is 15.0 Å². The molecule has 2 rings (SSSR count). The van der Waals surface area contributed by atoms with Gasteiger partial charge in [0, 0.05) is 11.6 Å². The summed E-state index contributed by atoms with van der Waals surface area (Å²) in [5, 5.41) is 1.44. The van der Waals surface area contributed by atoms with E-state index in [1.807, 2.05) is 6.26 Å². The Labute approximate surface area is 91.1 Å². The number of methoxy groups -OCH3 is 1. The zero-order valence-corrected chi connectivity index (χ0v) is 9.21. The molecule has 2 aromatic rings. The molecule has 0 radical (unpaired) electrons. The van der Waals surface area contributed by atoms with Crippen LogP contribution in [0, 0.1) is 0 Å². The van der Waals surface area contributed by atoms with Crippen molar-refractivity contribution in [1.29, 1.82) is 0 Å². The largest absolute Gasteiger partial charge is 0.479 e. The fourth-order valence-electron chi connectivity index (χ4n) is 1.25. The molecule has 0 saturated carbocycles. The van der Waals surface area contributed by atoms with Gasteiger partial charge in [-0.1, -0.05) is 11.8 Å². The van der Waals surface area contributed by atoms with Crippen molar-refractivity contribution in [3.8, 4) is 5.88 Å². The van der Waals surface area contributed by atoms with E-state index in [9.17, 15) is 0 Å². The first kappa shape index (κ1) is 9.97. The first-order valence-electron chi connectivity index (χ1n) is 4.25. The Kier molecular flexibility index (Phi) is 2.59. The Morgan fingerprint density at radius 1 is 1.33 bits per heavy atom. The number of rotatable bonds is 2. The maximum atomic E-state index is 5.77. The summed E-state index contributed by atoms with van der Waals surface area (Å²) < 4.78 is 5.12. The van der Waals surface area contributed by atoms with E-state index in [-0.39, 0.29) is 0 Å². The van der Waals surface area contributed by atoms with Crippen LogP contribution in [0.5, 0.6) is 5.88 Å². The first-order chi connectivity index (χ1) is 7.26. The molecule has 78 valence electrons. The number of nitrogens with two attached hydrogens (primary N) is 1. The lowest BCUT2D eigenvalue weighted by Crippen LogP contribution is -1.97. The molecule has 5 nitrogen and oxygen atoms in total. The molecule has 0 aliphatic heterocycles. The van der Waals surface area contributed by atoms with Gasteiger partial charge in [-0.15, -0.1) is 0 Å². The highest BCUT2D eigenvalue weighted by Gasteiger charge is 2.08. The smallest absolute Gasteiger partial charge is 0.240 e. The fraction of sp³-hybridized carbons (Fsp3) is 0.222. The minimum absolute atomic E-state index is 0.469. The number of hydrogen-bond acceptors (Lipinski definition) is 6. The lowest BCUT2D eigenvalue weighted by molar-refractivity contribution is 0.402. The van der Waals surface area contributed by atoms with Crippen molar-refractivity contribution in [1.82, 2.24) is 15.0 Å². The van der Waals surface area contributed by atoms with Crippen LogP contribution in [-0.2, 0) is 0 Å². The SMILES string of the molecule is COc1ncc(N)c2cnc(SC)nc12. The number of nitrogens with zero attached hydrogens (tertiary/aromatic N) is 3. The molecular weight excluding hydrogens is 212 g/mol. The maximum absolute atomic E-state index is 5.77. The quantitative estimate of drug-likeness (QED) is 0.610. The normalized spacial score (nSPS) is 10.5. The Hall–Kier alpha value is -1.56. The first-order valence-corrected chi connectivity index (χ1v) is 5.48. The summed E-state index contributed by atoms with van der Waals surface area (Å²) in [4.78, 5) is 12.5. The van der Waals surface area contributed by atoms with Crippen LogP contribution >= 0.6 is 11.8 Å². The van der Waals surface area contributed by atoms with E-state index < -0.39 is 0 Å². The molecule has 0 fully saturated rings. The molecule has 2 N–H and O–H groups in total. The summed E-state index contributed by atoms with van der Waals surface area (Å²) >= 11 is 1.46. The lowest BCUT2D eigenvalue weighted by atomic mass is 10.3. The van der Waals surface area contributed by atoms with Gasteiger partial charge in [-0.2, -0.15) is 0 Å². The third-order valence-corrected chi connectivity index (χ3v) is 2.54. The molecule has 0 spiro atoms. The van der Waals surface area contributed by atoms with Crippen molar-refractivity contribution in [2.24, 2.45) is 0 Å². The maximum Gasteiger partial charge on any atom is 0.240 e. The Balaban J connectivity index is 2.77. The topological polar surface area (TPSA) is 73.9 Å². The van der Waals surface area contributed by atoms with Crippen LogP contribution in [0.15, 0.2) is 17.6 Å². The third kappa shape index (κ3) is 1.68. The lowest BCUT2D eigenvalue weighted by Gasteiger charge is -2.05. The van der Waals surface area contributed by atoms with E-state index in [0.29, 0.717) is 22.2 Å². The van der Waals surface area contributed by atoms with Gasteiger partial charge in [0.1, 0.15) is 5.52 Å². The van der Waals surface area contributed by atoms with Gasteiger partial charge in [-0.05, 0) is 6.26 Å². The number of ether oxygens (including phenoxy) is 1. The van der Waals surface area contributed by atoms with Crippen LogP contribution in [0.1, 0.15) is 0 Å². The van der Waals surface area contributed by atoms with E-state index in [4.69, 9.17) is 10.5 Å². The second kappa shape index (κ2) is 3.90. The summed E-state index contributed by atoms with van der Waals surface area (Å²) in [5.74, 6) is 0.469. The van der Waals surface area contributed by atoms with Gasteiger partial charge >= 0.3 is 0 Å². The molecule has 0 aromatic carbocycles. The Morgan fingerprint density at radius 2 is 2.13 bits per heavy atom. The van der Waals surface area contributed by atoms with E-state index >= 15 is 0 Å². The second-order valence-corrected chi connectivity index (χ2v) is 3.62. The highest BCUT2D eigenvalue weighted by molar-refractivity contribution is 7.98. The van der Waals surface area contributed by atoms with Crippen LogP contribution in [0.4, 0.5) is 5.69 Å². The predicted molar refractivity (Wildman–Crippen MR) is 60.1 cm³/mol. The minimum Gasteiger partial charge on any atom is -0.479 e. The number of hydrogen-bond donors (Lipinski definition) is 1. The van der Waals surface area contributed by atoms with Crippen LogP contribution in [-0.4, -0.2) is 28.3 Å². The van der Waals surface area contributed by atoms with E-state index in [2.05, 4.69) is 15.0 Å². The number of pyridine rings is 1. The molecular formula is C9H10N4OS. The molecule has 0 unspecified atom stereocenters. The van der Waals surface area contributed by atoms with Crippen LogP contribution in [0.3, 0.4) is 0 Å². The number of thioether (sulfide) groups is 1. The summed E-state index contributed by atoms with van der Waals surface area (Å²) in [7, 11) is 1.55. The average molecular weight is 222 g/mol. The molecule has 2 aromatic heterocycles. The molecule has 6 heteroatoms. The summed E-state index contributed by atoms with van der Waals surface area (Å²) in [6.07, 6.45) is 5.14. The molecule has 0 atom stereocenters. The average Bonchev–Trinajstić information content (AvgIpc) is 2.29. The summed E-state index contributed by atoms with van der Waals surface area (Å²) in [6.45, 7) is 0. The Bertz CT molecular complexity index is 503. The highest BCUT2D eigenvalue weighted by Crippen LogP contribution is 2.26. The van der Waals surface area contributed by atoms with Gasteiger partial charge in [0.25, 0.3) is 0 Å². The number of anilines is 1. The van der Waals surface area contributed by atoms with Crippen molar-refractivity contribution < 1.29 is 4.74 Å². The Morgan fingerprint density at radius 3 is 2.80 bits per heavy atom. The minimum atomic E-state index is 0.469. The number of nitrogen functional groups attached to an aromatic ring is 1. The highest BCUT2D eigenvalue weighted by atomic mass is 32.2. The molecule has 15 heavy (non-hydrogen) atoms. The monoisotopic (exact) mass is 222 g/mol. The van der Waals surface area contributed by atoms with E-state index in [1.54, 1.807) is 19.5 Å². The van der Waals surface area contributed by atoms with Gasteiger partial charge in [0.05, 0.1) is 19.0 Å². The van der Waals surface area contributed by atoms with Gasteiger partial charge in [0.15, 0.2) is 5.16 Å². The summed E-state index contributed by atoms with van der Waals surface area (Å²) in [6, 6.07) is 0. The van der Waals surface area contributed by atoms with Crippen molar-refractivity contribution in [3.63, 3.8) is 0 Å². The number of aromatic nitrogens is 3. The molecule has 0 aliphatic carbocycles. The van der Waals surface area contributed by atoms with Crippen molar-refractivity contribution >= 4 is 28.4 Å². The summed E-state index contributed by atoms with van der Waals surface area (Å²) in [5.41, 5.74) is 6.97. The molecule has 2 heterocycles. The van der Waals surface area contributed by atoms with Crippen LogP contribution < -0.4 is 10.5 Å². The standard InChI is InChI=1S/C9H10N4OS/c1-14-8-7-5(6(10)4-11-8)3-12-9(13-7)15-2/h3-4H,10H2,1-2H3. The molecule has 0 aliphatic rings. The van der Waals surface area contributed by atoms with E-state index in [1.165, 1.54) is 11.8 Å². The van der Waals surface area contributed by atoms with Crippen LogP contribution in [0.25, 0.3) is 10.9 Å². The van der Waals surface area contributed by atoms with Crippen LogP contribution in [0.2, 0.25) is 0 Å².